The van der Waals surface area contributed by atoms with E-state index < -0.39 is 12.2 Å². The van der Waals surface area contributed by atoms with Crippen LogP contribution in [0, 0.1) is 5.92 Å². The van der Waals surface area contributed by atoms with Gasteiger partial charge in [-0.05, 0) is 73.7 Å². The molecule has 36 heavy (non-hydrogen) atoms. The van der Waals surface area contributed by atoms with Gasteiger partial charge in [0.25, 0.3) is 0 Å². The molecule has 0 amide bonds. The topological polar surface area (TPSA) is 66.4 Å². The van der Waals surface area contributed by atoms with Gasteiger partial charge in [-0.25, -0.2) is 0 Å². The van der Waals surface area contributed by atoms with Crippen molar-refractivity contribution in [1.29, 1.82) is 0 Å². The number of rotatable bonds is 16. The van der Waals surface area contributed by atoms with Crippen molar-refractivity contribution in [3.8, 4) is 23.0 Å². The lowest BCUT2D eigenvalue weighted by Crippen LogP contribution is -2.44. The summed E-state index contributed by atoms with van der Waals surface area (Å²) in [5, 5.41) is 10.2. The van der Waals surface area contributed by atoms with Crippen LogP contribution in [0.1, 0.15) is 51.9 Å². The van der Waals surface area contributed by atoms with Gasteiger partial charge in [0.05, 0.1) is 20.8 Å². The third-order valence-electron chi connectivity index (χ3n) is 6.82. The summed E-state index contributed by atoms with van der Waals surface area (Å²) in [6.45, 7) is 5.86. The molecule has 198 valence electrons. The predicted octanol–water partition coefficient (Wildman–Crippen LogP) is 6.21. The smallest absolute Gasteiger partial charge is 0.166 e. The second-order valence-corrected chi connectivity index (χ2v) is 9.45. The summed E-state index contributed by atoms with van der Waals surface area (Å²) < 4.78 is 29.8. The van der Waals surface area contributed by atoms with Crippen molar-refractivity contribution in [3.63, 3.8) is 0 Å². The maximum Gasteiger partial charge on any atom is 0.166 e. The Bertz CT molecular complexity index is 881. The molecule has 0 spiro atoms. The molecule has 1 unspecified atom stereocenters. The second kappa shape index (κ2) is 14.8. The van der Waals surface area contributed by atoms with E-state index >= 15 is 0 Å². The maximum atomic E-state index is 10.2. The quantitative estimate of drug-likeness (QED) is 0.219. The molecule has 0 aliphatic carbocycles. The van der Waals surface area contributed by atoms with E-state index in [0.29, 0.717) is 11.5 Å². The number of methoxy groups -OCH3 is 2. The molecule has 1 N–H and O–H groups in total. The lowest BCUT2D eigenvalue weighted by molar-refractivity contribution is -0.0383. The highest BCUT2D eigenvalue weighted by atomic mass is 16.6. The summed E-state index contributed by atoms with van der Waals surface area (Å²) in [5.41, 5.74) is 0. The van der Waals surface area contributed by atoms with Gasteiger partial charge in [0.1, 0.15) is 35.2 Å². The lowest BCUT2D eigenvalue weighted by Gasteiger charge is -2.28. The highest BCUT2D eigenvalue weighted by Crippen LogP contribution is 2.35. The summed E-state index contributed by atoms with van der Waals surface area (Å²) in [6.07, 6.45) is 8.62. The van der Waals surface area contributed by atoms with Crippen molar-refractivity contribution in [2.24, 2.45) is 5.92 Å². The van der Waals surface area contributed by atoms with Crippen LogP contribution in [0.5, 0.6) is 23.0 Å². The lowest BCUT2D eigenvalue weighted by atomic mass is 9.92. The number of unbranched alkanes of at least 4 members (excludes halogenated alkanes) is 5. The minimum absolute atomic E-state index is 0.143. The van der Waals surface area contributed by atoms with E-state index in [2.05, 4.69) is 13.5 Å². The first-order chi connectivity index (χ1) is 17.6. The monoisotopic (exact) mass is 498 g/mol. The fraction of sp³-hybridized carbons (Fsp3) is 0.533. The van der Waals surface area contributed by atoms with Gasteiger partial charge in [-0.2, -0.15) is 0 Å². The molecule has 3 rings (SSSR count). The Morgan fingerprint density at radius 2 is 1.31 bits per heavy atom. The molecule has 0 aromatic heterocycles. The Morgan fingerprint density at radius 3 is 1.83 bits per heavy atom. The Labute approximate surface area is 216 Å². The molecule has 2 aromatic carbocycles. The summed E-state index contributed by atoms with van der Waals surface area (Å²) >= 11 is 0. The molecule has 0 radical (unpaired) electrons. The fourth-order valence-electron chi connectivity index (χ4n) is 4.71. The van der Waals surface area contributed by atoms with Gasteiger partial charge in [-0.15, -0.1) is 6.58 Å². The minimum Gasteiger partial charge on any atom is -0.497 e. The molecule has 0 saturated carbocycles. The summed E-state index contributed by atoms with van der Waals surface area (Å²) in [7, 11) is 3.27. The van der Waals surface area contributed by atoms with Gasteiger partial charge < -0.3 is 28.8 Å². The zero-order valence-electron chi connectivity index (χ0n) is 21.9. The fourth-order valence-corrected chi connectivity index (χ4v) is 4.71. The van der Waals surface area contributed by atoms with Crippen LogP contribution in [-0.4, -0.2) is 50.3 Å². The Morgan fingerprint density at radius 1 is 0.806 bits per heavy atom. The highest BCUT2D eigenvalue weighted by molar-refractivity contribution is 5.33. The Hall–Kier alpha value is -2.70. The van der Waals surface area contributed by atoms with Gasteiger partial charge >= 0.3 is 0 Å². The van der Waals surface area contributed by atoms with Crippen LogP contribution >= 0.6 is 0 Å². The van der Waals surface area contributed by atoms with Gasteiger partial charge in [-0.3, -0.25) is 0 Å². The number of benzene rings is 2. The Kier molecular flexibility index (Phi) is 11.4. The molecular formula is C30H42O6. The van der Waals surface area contributed by atoms with Crippen LogP contribution in [-0.2, 0) is 4.74 Å². The third kappa shape index (κ3) is 7.90. The van der Waals surface area contributed by atoms with Gasteiger partial charge in [0, 0.05) is 0 Å². The van der Waals surface area contributed by atoms with Crippen molar-refractivity contribution in [3.05, 3.63) is 61.2 Å². The molecule has 1 aliphatic rings. The van der Waals surface area contributed by atoms with Gasteiger partial charge in [-0.1, -0.05) is 38.7 Å². The minimum atomic E-state index is -0.485. The first kappa shape index (κ1) is 27.9. The molecule has 1 saturated heterocycles. The van der Waals surface area contributed by atoms with Crippen LogP contribution in [0.4, 0.5) is 0 Å². The SMILES string of the molecule is C=CCCCCCCCC(C)[C@H]1O[C@H](CO)[C@@H](Oc2ccc(OC)cc2)[C@@H]1Oc1ccc(OC)cc1. The zero-order valence-corrected chi connectivity index (χ0v) is 21.9. The van der Waals surface area contributed by atoms with Crippen LogP contribution < -0.4 is 18.9 Å². The number of hydrogen-bond donors (Lipinski definition) is 1. The van der Waals surface area contributed by atoms with Crippen LogP contribution in [0.15, 0.2) is 61.2 Å². The molecule has 1 heterocycles. The predicted molar refractivity (Wildman–Crippen MR) is 142 cm³/mol. The summed E-state index contributed by atoms with van der Waals surface area (Å²) in [5.74, 6) is 3.16. The van der Waals surface area contributed by atoms with Crippen molar-refractivity contribution in [2.45, 2.75) is 76.3 Å². The first-order valence-corrected chi connectivity index (χ1v) is 13.1. The normalized spacial score (nSPS) is 22.1. The van der Waals surface area contributed by atoms with E-state index in [9.17, 15) is 5.11 Å². The van der Waals surface area contributed by atoms with E-state index in [1.54, 1.807) is 14.2 Å². The van der Waals surface area contributed by atoms with Crippen molar-refractivity contribution >= 4 is 0 Å². The average Bonchev–Trinajstić information content (AvgIpc) is 3.25. The first-order valence-electron chi connectivity index (χ1n) is 13.1. The molecule has 0 bridgehead atoms. The number of aliphatic hydroxyl groups excluding tert-OH is 1. The van der Waals surface area contributed by atoms with Crippen molar-refractivity contribution in [2.75, 3.05) is 20.8 Å². The molecule has 6 heteroatoms. The van der Waals surface area contributed by atoms with Crippen LogP contribution in [0.3, 0.4) is 0 Å². The van der Waals surface area contributed by atoms with E-state index in [4.69, 9.17) is 23.7 Å². The zero-order chi connectivity index (χ0) is 25.8. The largest absolute Gasteiger partial charge is 0.497 e. The van der Waals surface area contributed by atoms with E-state index in [0.717, 1.165) is 30.8 Å². The number of hydrogen-bond acceptors (Lipinski definition) is 6. The number of ether oxygens (including phenoxy) is 5. The van der Waals surface area contributed by atoms with E-state index in [1.807, 2.05) is 54.6 Å². The van der Waals surface area contributed by atoms with Gasteiger partial charge in [0.2, 0.25) is 0 Å². The summed E-state index contributed by atoms with van der Waals surface area (Å²) in [4.78, 5) is 0. The van der Waals surface area contributed by atoms with E-state index in [1.165, 1.54) is 25.7 Å². The van der Waals surface area contributed by atoms with Gasteiger partial charge in [0.15, 0.2) is 12.2 Å². The second-order valence-electron chi connectivity index (χ2n) is 9.45. The van der Waals surface area contributed by atoms with Crippen molar-refractivity contribution < 1.29 is 28.8 Å². The molecule has 2 aromatic rings. The molecule has 6 nitrogen and oxygen atoms in total. The van der Waals surface area contributed by atoms with Crippen LogP contribution in [0.25, 0.3) is 0 Å². The van der Waals surface area contributed by atoms with Crippen LogP contribution in [0.2, 0.25) is 0 Å². The Balaban J connectivity index is 1.71. The maximum absolute atomic E-state index is 10.2. The van der Waals surface area contributed by atoms with E-state index in [-0.39, 0.29) is 24.7 Å². The summed E-state index contributed by atoms with van der Waals surface area (Å²) in [6, 6.07) is 15.0. The highest BCUT2D eigenvalue weighted by Gasteiger charge is 2.49. The van der Waals surface area contributed by atoms with Crippen molar-refractivity contribution in [1.82, 2.24) is 0 Å². The average molecular weight is 499 g/mol. The molecule has 1 aliphatic heterocycles. The number of aliphatic hydroxyl groups is 1. The third-order valence-corrected chi connectivity index (χ3v) is 6.82. The molecular weight excluding hydrogens is 456 g/mol. The number of allylic oxidation sites excluding steroid dienone is 1. The molecule has 1 fully saturated rings. The molecule has 5 atom stereocenters. The standard InChI is InChI=1S/C30H42O6/c1-5-6-7-8-9-10-11-12-22(2)28-30(35-26-19-15-24(33-4)16-20-26)29(27(21-31)36-28)34-25-17-13-23(32-3)14-18-25/h5,13-20,22,27-31H,1,6-12,21H2,2-4H3/t22?,27-,28-,29-,30-/m1/s1.